The maximum absolute atomic E-state index is 11.6. The SMILES string of the molecule is O=C(NC1CCS(=O)(=O)C1)NC1CCS(=O)(=O)C1. The van der Waals surface area contributed by atoms with Crippen molar-refractivity contribution in [2.24, 2.45) is 0 Å². The summed E-state index contributed by atoms with van der Waals surface area (Å²) >= 11 is 0. The number of sulfone groups is 2. The molecule has 2 fully saturated rings. The minimum atomic E-state index is -3.03. The molecule has 0 aromatic carbocycles. The molecule has 2 unspecified atom stereocenters. The Morgan fingerprint density at radius 1 is 0.833 bits per heavy atom. The summed E-state index contributed by atoms with van der Waals surface area (Å²) in [5.74, 6) is 0.109. The third-order valence-electron chi connectivity index (χ3n) is 3.14. The molecule has 2 amide bonds. The highest BCUT2D eigenvalue weighted by Gasteiger charge is 2.31. The maximum atomic E-state index is 11.6. The van der Waals surface area contributed by atoms with E-state index < -0.39 is 25.7 Å². The van der Waals surface area contributed by atoms with Crippen LogP contribution in [0.5, 0.6) is 0 Å². The minimum absolute atomic E-state index is 0.0383. The van der Waals surface area contributed by atoms with Crippen LogP contribution in [0.2, 0.25) is 0 Å². The van der Waals surface area contributed by atoms with Crippen molar-refractivity contribution < 1.29 is 21.6 Å². The fourth-order valence-electron chi connectivity index (χ4n) is 2.23. The standard InChI is InChI=1S/C9H16N2O5S2/c12-9(10-7-1-3-17(13,14)5-7)11-8-2-4-18(15,16)6-8/h7-8H,1-6H2,(H2,10,11,12). The van der Waals surface area contributed by atoms with Gasteiger partial charge in [0.05, 0.1) is 23.0 Å². The lowest BCUT2D eigenvalue weighted by atomic mass is 10.2. The lowest BCUT2D eigenvalue weighted by molar-refractivity contribution is 0.235. The molecule has 18 heavy (non-hydrogen) atoms. The Kier molecular flexibility index (Phi) is 3.54. The summed E-state index contributed by atoms with van der Waals surface area (Å²) in [6.07, 6.45) is 0.831. The van der Waals surface area contributed by atoms with E-state index in [2.05, 4.69) is 10.6 Å². The normalized spacial score (nSPS) is 33.1. The largest absolute Gasteiger partial charge is 0.334 e. The van der Waals surface area contributed by atoms with E-state index in [0.717, 1.165) is 0 Å². The highest BCUT2D eigenvalue weighted by molar-refractivity contribution is 7.91. The summed E-state index contributed by atoms with van der Waals surface area (Å²) in [4.78, 5) is 11.6. The Labute approximate surface area is 106 Å². The van der Waals surface area contributed by atoms with Gasteiger partial charge in [-0.15, -0.1) is 0 Å². The molecule has 7 nitrogen and oxygen atoms in total. The fourth-order valence-corrected chi connectivity index (χ4v) is 5.58. The van der Waals surface area contributed by atoms with Crippen LogP contribution in [0, 0.1) is 0 Å². The van der Waals surface area contributed by atoms with Crippen molar-refractivity contribution in [3.8, 4) is 0 Å². The minimum Gasteiger partial charge on any atom is -0.334 e. The predicted octanol–water partition coefficient (Wildman–Crippen LogP) is -1.34. The van der Waals surface area contributed by atoms with Gasteiger partial charge in [0.15, 0.2) is 19.7 Å². The second-order valence-corrected chi connectivity index (χ2v) is 9.28. The summed E-state index contributed by atoms with van der Waals surface area (Å²) in [5.41, 5.74) is 0. The van der Waals surface area contributed by atoms with Gasteiger partial charge in [-0.2, -0.15) is 0 Å². The first-order valence-corrected chi connectivity index (χ1v) is 9.38. The van der Waals surface area contributed by atoms with E-state index in [0.29, 0.717) is 12.8 Å². The molecule has 0 saturated carbocycles. The van der Waals surface area contributed by atoms with Crippen LogP contribution < -0.4 is 10.6 Å². The lowest BCUT2D eigenvalue weighted by Crippen LogP contribution is -2.47. The third-order valence-corrected chi connectivity index (χ3v) is 6.67. The van der Waals surface area contributed by atoms with Gasteiger partial charge in [0, 0.05) is 12.1 Å². The summed E-state index contributed by atoms with van der Waals surface area (Å²) in [6, 6.07) is -1.22. The van der Waals surface area contributed by atoms with Crippen molar-refractivity contribution in [3.05, 3.63) is 0 Å². The average molecular weight is 296 g/mol. The second-order valence-electron chi connectivity index (χ2n) is 4.82. The summed E-state index contributed by atoms with van der Waals surface area (Å²) in [5, 5.41) is 5.13. The Hall–Kier alpha value is -0.830. The molecule has 2 aliphatic rings. The zero-order valence-electron chi connectivity index (χ0n) is 9.76. The zero-order valence-corrected chi connectivity index (χ0v) is 11.4. The molecule has 9 heteroatoms. The molecule has 0 aromatic heterocycles. The molecular formula is C9H16N2O5S2. The Morgan fingerprint density at radius 3 is 1.50 bits per heavy atom. The predicted molar refractivity (Wildman–Crippen MR) is 65.8 cm³/mol. The lowest BCUT2D eigenvalue weighted by Gasteiger charge is -2.15. The highest BCUT2D eigenvalue weighted by Crippen LogP contribution is 2.13. The van der Waals surface area contributed by atoms with Crippen LogP contribution in [0.1, 0.15) is 12.8 Å². The van der Waals surface area contributed by atoms with Crippen molar-refractivity contribution in [1.29, 1.82) is 0 Å². The number of hydrogen-bond donors (Lipinski definition) is 2. The van der Waals surface area contributed by atoms with Gasteiger partial charge >= 0.3 is 6.03 Å². The third kappa shape index (κ3) is 3.58. The van der Waals surface area contributed by atoms with Crippen molar-refractivity contribution in [1.82, 2.24) is 10.6 Å². The molecule has 0 aromatic rings. The van der Waals surface area contributed by atoms with Crippen molar-refractivity contribution in [3.63, 3.8) is 0 Å². The van der Waals surface area contributed by atoms with E-state index in [1.807, 2.05) is 0 Å². The van der Waals surface area contributed by atoms with Crippen molar-refractivity contribution in [2.75, 3.05) is 23.0 Å². The molecule has 0 aliphatic carbocycles. The topological polar surface area (TPSA) is 109 Å². The number of carbonyl (C=O) groups is 1. The van der Waals surface area contributed by atoms with Crippen LogP contribution in [0.15, 0.2) is 0 Å². The van der Waals surface area contributed by atoms with Crippen molar-refractivity contribution in [2.45, 2.75) is 24.9 Å². The van der Waals surface area contributed by atoms with E-state index >= 15 is 0 Å². The van der Waals surface area contributed by atoms with Crippen LogP contribution >= 0.6 is 0 Å². The number of urea groups is 1. The molecule has 2 heterocycles. The monoisotopic (exact) mass is 296 g/mol. The first-order valence-electron chi connectivity index (χ1n) is 5.74. The first-order chi connectivity index (χ1) is 8.26. The first kappa shape index (κ1) is 13.6. The molecule has 0 radical (unpaired) electrons. The number of rotatable bonds is 2. The summed E-state index contributed by atoms with van der Waals surface area (Å²) < 4.78 is 44.8. The van der Waals surface area contributed by atoms with E-state index in [-0.39, 0.29) is 35.1 Å². The Balaban J connectivity index is 1.80. The quantitative estimate of drug-likeness (QED) is 0.655. The van der Waals surface area contributed by atoms with E-state index in [9.17, 15) is 21.6 Å². The summed E-state index contributed by atoms with van der Waals surface area (Å²) in [6.45, 7) is 0. The Bertz CT molecular complexity index is 491. The van der Waals surface area contributed by atoms with Gasteiger partial charge in [-0.3, -0.25) is 0 Å². The van der Waals surface area contributed by atoms with Crippen molar-refractivity contribution >= 4 is 25.7 Å². The van der Waals surface area contributed by atoms with Crippen LogP contribution in [0.25, 0.3) is 0 Å². The summed E-state index contributed by atoms with van der Waals surface area (Å²) in [7, 11) is -6.05. The molecule has 2 atom stereocenters. The molecule has 2 saturated heterocycles. The zero-order chi connectivity index (χ0) is 13.4. The Morgan fingerprint density at radius 2 is 1.22 bits per heavy atom. The molecule has 0 bridgehead atoms. The highest BCUT2D eigenvalue weighted by atomic mass is 32.2. The molecule has 0 spiro atoms. The fraction of sp³-hybridized carbons (Fsp3) is 0.889. The van der Waals surface area contributed by atoms with Gasteiger partial charge in [-0.25, -0.2) is 21.6 Å². The molecule has 2 rings (SSSR count). The van der Waals surface area contributed by atoms with Gasteiger partial charge in [0.25, 0.3) is 0 Å². The number of hydrogen-bond acceptors (Lipinski definition) is 5. The molecule has 104 valence electrons. The number of amides is 2. The van der Waals surface area contributed by atoms with Gasteiger partial charge in [-0.1, -0.05) is 0 Å². The van der Waals surface area contributed by atoms with E-state index in [1.165, 1.54) is 0 Å². The molecular weight excluding hydrogens is 280 g/mol. The maximum Gasteiger partial charge on any atom is 0.315 e. The van der Waals surface area contributed by atoms with Crippen LogP contribution in [0.3, 0.4) is 0 Å². The number of nitrogens with one attached hydrogen (secondary N) is 2. The van der Waals surface area contributed by atoms with Gasteiger partial charge in [0.2, 0.25) is 0 Å². The molecule has 2 aliphatic heterocycles. The number of carbonyl (C=O) groups excluding carboxylic acids is 1. The van der Waals surface area contributed by atoms with Gasteiger partial charge in [-0.05, 0) is 12.8 Å². The van der Waals surface area contributed by atoms with Crippen LogP contribution in [-0.2, 0) is 19.7 Å². The average Bonchev–Trinajstić information content (AvgIpc) is 2.69. The van der Waals surface area contributed by atoms with E-state index in [4.69, 9.17) is 0 Å². The van der Waals surface area contributed by atoms with Crippen LogP contribution in [0.4, 0.5) is 4.79 Å². The molecule has 2 N–H and O–H groups in total. The van der Waals surface area contributed by atoms with Crippen LogP contribution in [-0.4, -0.2) is 58.0 Å². The smallest absolute Gasteiger partial charge is 0.315 e. The van der Waals surface area contributed by atoms with Gasteiger partial charge in [0.1, 0.15) is 0 Å². The second kappa shape index (κ2) is 4.69. The van der Waals surface area contributed by atoms with E-state index in [1.54, 1.807) is 0 Å². The van der Waals surface area contributed by atoms with Gasteiger partial charge < -0.3 is 10.6 Å².